The van der Waals surface area contributed by atoms with E-state index in [-0.39, 0.29) is 16.8 Å². The van der Waals surface area contributed by atoms with Crippen LogP contribution in [0.15, 0.2) is 53.4 Å². The average Bonchev–Trinajstić information content (AvgIpc) is 3.39. The van der Waals surface area contributed by atoms with Gasteiger partial charge in [0.15, 0.2) is 9.84 Å². The van der Waals surface area contributed by atoms with E-state index in [9.17, 15) is 13.2 Å². The van der Waals surface area contributed by atoms with Crippen molar-refractivity contribution in [1.29, 1.82) is 0 Å². The maximum atomic E-state index is 13.4. The van der Waals surface area contributed by atoms with E-state index in [0.29, 0.717) is 12.1 Å². The van der Waals surface area contributed by atoms with Gasteiger partial charge in [-0.15, -0.1) is 0 Å². The number of benzene rings is 2. The molecule has 1 atom stereocenters. The molecular weight excluding hydrogens is 384 g/mol. The molecule has 0 radical (unpaired) electrons. The second-order valence-corrected chi connectivity index (χ2v) is 10.1. The highest BCUT2D eigenvalue weighted by Gasteiger charge is 2.33. The van der Waals surface area contributed by atoms with Crippen LogP contribution in [0, 0.1) is 0 Å². The Morgan fingerprint density at radius 1 is 0.966 bits per heavy atom. The molecule has 4 rings (SSSR count). The van der Waals surface area contributed by atoms with Gasteiger partial charge in [-0.25, -0.2) is 8.42 Å². The van der Waals surface area contributed by atoms with Crippen molar-refractivity contribution in [2.24, 2.45) is 0 Å². The maximum Gasteiger partial charge on any atom is 0.255 e. The quantitative estimate of drug-likeness (QED) is 0.755. The summed E-state index contributed by atoms with van der Waals surface area (Å²) >= 11 is 0. The summed E-state index contributed by atoms with van der Waals surface area (Å²) in [6.45, 7) is 3.78. The highest BCUT2D eigenvalue weighted by molar-refractivity contribution is 7.90. The first kappa shape index (κ1) is 20.1. The summed E-state index contributed by atoms with van der Waals surface area (Å²) in [5, 5.41) is 0. The van der Waals surface area contributed by atoms with Gasteiger partial charge in [-0.05, 0) is 62.0 Å². The molecule has 0 bridgehead atoms. The summed E-state index contributed by atoms with van der Waals surface area (Å²) in [7, 11) is -3.54. The molecule has 2 fully saturated rings. The molecule has 0 aromatic heterocycles. The molecule has 29 heavy (non-hydrogen) atoms. The minimum Gasteiger partial charge on any atom is -0.334 e. The molecule has 2 aromatic rings. The Bertz CT molecular complexity index is 982. The summed E-state index contributed by atoms with van der Waals surface area (Å²) in [6, 6.07) is 15.0. The van der Waals surface area contributed by atoms with Gasteiger partial charge in [0.1, 0.15) is 0 Å². The number of nitrogens with zero attached hydrogens (tertiary/aromatic N) is 2. The topological polar surface area (TPSA) is 57.7 Å². The van der Waals surface area contributed by atoms with Gasteiger partial charge in [0.25, 0.3) is 5.91 Å². The Kier molecular flexibility index (Phi) is 5.74. The van der Waals surface area contributed by atoms with Crippen molar-refractivity contribution in [3.05, 3.63) is 54.1 Å². The van der Waals surface area contributed by atoms with E-state index in [1.807, 2.05) is 41.3 Å². The number of hydrogen-bond donors (Lipinski definition) is 0. The van der Waals surface area contributed by atoms with Crippen LogP contribution in [0.4, 0.5) is 0 Å². The molecule has 1 amide bonds. The molecular formula is C23H28N2O3S. The number of hydrogen-bond acceptors (Lipinski definition) is 4. The van der Waals surface area contributed by atoms with Gasteiger partial charge < -0.3 is 9.80 Å². The van der Waals surface area contributed by atoms with Gasteiger partial charge >= 0.3 is 0 Å². The van der Waals surface area contributed by atoms with Crippen LogP contribution in [0.25, 0.3) is 11.1 Å². The van der Waals surface area contributed by atoms with Crippen molar-refractivity contribution in [1.82, 2.24) is 9.80 Å². The Morgan fingerprint density at radius 2 is 1.69 bits per heavy atom. The second kappa shape index (κ2) is 8.28. The minimum atomic E-state index is -3.54. The first-order chi connectivity index (χ1) is 13.9. The van der Waals surface area contributed by atoms with Crippen LogP contribution in [0.2, 0.25) is 0 Å². The molecule has 0 saturated carbocycles. The number of carbonyl (C=O) groups is 1. The number of amides is 1. The Morgan fingerprint density at radius 3 is 2.38 bits per heavy atom. The monoisotopic (exact) mass is 412 g/mol. The van der Waals surface area contributed by atoms with E-state index in [1.165, 1.54) is 19.1 Å². The number of likely N-dealkylation sites (tertiary alicyclic amines) is 2. The van der Waals surface area contributed by atoms with Crippen LogP contribution in [-0.2, 0) is 9.84 Å². The largest absolute Gasteiger partial charge is 0.334 e. The molecule has 2 aliphatic heterocycles. The zero-order chi connectivity index (χ0) is 20.4. The Hall–Kier alpha value is -2.18. The molecule has 154 valence electrons. The third-order valence-corrected chi connectivity index (χ3v) is 7.16. The van der Waals surface area contributed by atoms with Crippen molar-refractivity contribution < 1.29 is 13.2 Å². The molecule has 0 spiro atoms. The van der Waals surface area contributed by atoms with E-state index < -0.39 is 9.84 Å². The van der Waals surface area contributed by atoms with Crippen molar-refractivity contribution >= 4 is 15.7 Å². The summed E-state index contributed by atoms with van der Waals surface area (Å²) in [6.07, 6.45) is 5.58. The predicted molar refractivity (Wildman–Crippen MR) is 115 cm³/mol. The molecule has 2 heterocycles. The van der Waals surface area contributed by atoms with Crippen molar-refractivity contribution in [2.75, 3.05) is 32.4 Å². The van der Waals surface area contributed by atoms with E-state index in [1.54, 1.807) is 12.1 Å². The molecule has 0 N–H and O–H groups in total. The smallest absolute Gasteiger partial charge is 0.255 e. The van der Waals surface area contributed by atoms with Crippen molar-refractivity contribution in [3.63, 3.8) is 0 Å². The third-order valence-electron chi connectivity index (χ3n) is 6.02. The summed E-state index contributed by atoms with van der Waals surface area (Å²) in [4.78, 5) is 17.8. The molecule has 6 heteroatoms. The van der Waals surface area contributed by atoms with Crippen LogP contribution in [-0.4, -0.2) is 62.6 Å². The fourth-order valence-electron chi connectivity index (χ4n) is 4.53. The van der Waals surface area contributed by atoms with E-state index in [4.69, 9.17) is 0 Å². The minimum absolute atomic E-state index is 0.121. The average molecular weight is 413 g/mol. The van der Waals surface area contributed by atoms with E-state index in [2.05, 4.69) is 4.90 Å². The first-order valence-electron chi connectivity index (χ1n) is 10.4. The maximum absolute atomic E-state index is 13.4. The van der Waals surface area contributed by atoms with Gasteiger partial charge in [-0.2, -0.15) is 0 Å². The lowest BCUT2D eigenvalue weighted by molar-refractivity contribution is 0.0705. The molecule has 2 aromatic carbocycles. The van der Waals surface area contributed by atoms with Crippen LogP contribution < -0.4 is 0 Å². The fourth-order valence-corrected chi connectivity index (χ4v) is 5.42. The van der Waals surface area contributed by atoms with Gasteiger partial charge in [0, 0.05) is 25.4 Å². The van der Waals surface area contributed by atoms with Crippen molar-refractivity contribution in [3.8, 4) is 11.1 Å². The highest BCUT2D eigenvalue weighted by atomic mass is 32.2. The van der Waals surface area contributed by atoms with Crippen LogP contribution in [0.3, 0.4) is 0 Å². The lowest BCUT2D eigenvalue weighted by atomic mass is 10.0. The summed E-state index contributed by atoms with van der Waals surface area (Å²) < 4.78 is 25.1. The standard InChI is InChI=1S/C23H28N2O3S/c1-29(27,28)22-16-19(18-8-3-2-4-9-18)11-12-21(22)23(26)25-15-7-10-20(25)17-24-13-5-6-14-24/h2-4,8-9,11-12,16,20H,5-7,10,13-15,17H2,1H3. The number of carbonyl (C=O) groups excluding carboxylic acids is 1. The molecule has 5 nitrogen and oxygen atoms in total. The molecule has 2 aliphatic rings. The van der Waals surface area contributed by atoms with Crippen LogP contribution >= 0.6 is 0 Å². The zero-order valence-corrected chi connectivity index (χ0v) is 17.7. The van der Waals surface area contributed by atoms with Gasteiger partial charge in [-0.1, -0.05) is 36.4 Å². The molecule has 1 unspecified atom stereocenters. The normalized spacial score (nSPS) is 20.3. The first-order valence-corrected chi connectivity index (χ1v) is 12.3. The van der Waals surface area contributed by atoms with E-state index in [0.717, 1.165) is 43.6 Å². The highest BCUT2D eigenvalue weighted by Crippen LogP contribution is 2.29. The summed E-state index contributed by atoms with van der Waals surface area (Å²) in [5.74, 6) is -0.160. The van der Waals surface area contributed by atoms with Crippen LogP contribution in [0.5, 0.6) is 0 Å². The fraction of sp³-hybridized carbons (Fsp3) is 0.435. The van der Waals surface area contributed by atoms with Crippen molar-refractivity contribution in [2.45, 2.75) is 36.6 Å². The summed E-state index contributed by atoms with van der Waals surface area (Å²) in [5.41, 5.74) is 2.03. The number of rotatable bonds is 5. The SMILES string of the molecule is CS(=O)(=O)c1cc(-c2ccccc2)ccc1C(=O)N1CCCC1CN1CCCC1. The molecule has 2 saturated heterocycles. The zero-order valence-electron chi connectivity index (χ0n) is 16.9. The van der Waals surface area contributed by atoms with Crippen LogP contribution in [0.1, 0.15) is 36.0 Å². The van der Waals surface area contributed by atoms with Gasteiger partial charge in [0.05, 0.1) is 10.5 Å². The van der Waals surface area contributed by atoms with Gasteiger partial charge in [0.2, 0.25) is 0 Å². The predicted octanol–water partition coefficient (Wildman–Crippen LogP) is 3.46. The van der Waals surface area contributed by atoms with E-state index >= 15 is 0 Å². The number of sulfone groups is 1. The lowest BCUT2D eigenvalue weighted by Gasteiger charge is -2.29. The molecule has 0 aliphatic carbocycles. The van der Waals surface area contributed by atoms with Gasteiger partial charge in [-0.3, -0.25) is 4.79 Å². The third kappa shape index (κ3) is 4.38. The lowest BCUT2D eigenvalue weighted by Crippen LogP contribution is -2.42. The Labute approximate surface area is 173 Å². The Balaban J connectivity index is 1.65. The second-order valence-electron chi connectivity index (χ2n) is 8.15.